The van der Waals surface area contributed by atoms with Crippen LogP contribution in [-0.2, 0) is 20.9 Å². The number of ether oxygens (including phenoxy) is 1. The third-order valence-corrected chi connectivity index (χ3v) is 3.39. The lowest BCUT2D eigenvalue weighted by Gasteiger charge is -2.30. The van der Waals surface area contributed by atoms with Crippen molar-refractivity contribution in [2.24, 2.45) is 5.92 Å². The van der Waals surface area contributed by atoms with Crippen molar-refractivity contribution >= 4 is 24.2 Å². The number of piperidine rings is 1. The molecule has 0 saturated carbocycles. The van der Waals surface area contributed by atoms with Gasteiger partial charge in [-0.15, -0.1) is 12.4 Å². The van der Waals surface area contributed by atoms with Gasteiger partial charge in [0.15, 0.2) is 0 Å². The molecule has 1 aromatic carbocycles. The Labute approximate surface area is 131 Å². The van der Waals surface area contributed by atoms with Gasteiger partial charge in [-0.2, -0.15) is 0 Å². The minimum absolute atomic E-state index is 0. The van der Waals surface area contributed by atoms with Crippen LogP contribution in [0.15, 0.2) is 30.3 Å². The Bertz CT molecular complexity index is 476. The maximum atomic E-state index is 11.9. The monoisotopic (exact) mass is 311 g/mol. The first-order valence-electron chi connectivity index (χ1n) is 7.05. The molecular formula is C16H22ClNO3. The number of halogens is 1. The summed E-state index contributed by atoms with van der Waals surface area (Å²) in [5.74, 6) is -1.02. The van der Waals surface area contributed by atoms with Gasteiger partial charge in [0.05, 0.1) is 6.10 Å². The number of hydrogen-bond acceptors (Lipinski definition) is 4. The van der Waals surface area contributed by atoms with Gasteiger partial charge in [0, 0.05) is 26.1 Å². The molecule has 1 aromatic rings. The summed E-state index contributed by atoms with van der Waals surface area (Å²) in [4.78, 5) is 26.0. The van der Waals surface area contributed by atoms with E-state index >= 15 is 0 Å². The van der Waals surface area contributed by atoms with Crippen molar-refractivity contribution in [3.8, 4) is 0 Å². The van der Waals surface area contributed by atoms with Crippen LogP contribution in [0.3, 0.4) is 0 Å². The molecule has 1 heterocycles. The average molecular weight is 312 g/mol. The van der Waals surface area contributed by atoms with Crippen molar-refractivity contribution in [3.05, 3.63) is 35.9 Å². The molecule has 0 radical (unpaired) electrons. The molecule has 1 fully saturated rings. The van der Waals surface area contributed by atoms with Crippen molar-refractivity contribution < 1.29 is 14.3 Å². The van der Waals surface area contributed by atoms with E-state index in [4.69, 9.17) is 4.74 Å². The number of nitrogens with zero attached hydrogens (tertiary/aromatic N) is 1. The minimum atomic E-state index is -0.630. The molecule has 1 aliphatic rings. The molecule has 4 nitrogen and oxygen atoms in total. The molecule has 1 aliphatic heterocycles. The number of rotatable bonds is 4. The fourth-order valence-corrected chi connectivity index (χ4v) is 2.40. The smallest absolute Gasteiger partial charge is 0.318 e. The van der Waals surface area contributed by atoms with E-state index in [1.807, 2.05) is 18.2 Å². The molecule has 116 valence electrons. The topological polar surface area (TPSA) is 46.6 Å². The summed E-state index contributed by atoms with van der Waals surface area (Å²) in [7, 11) is 0. The van der Waals surface area contributed by atoms with E-state index in [0.717, 1.165) is 6.54 Å². The largest absolute Gasteiger partial charge is 0.462 e. The zero-order valence-corrected chi connectivity index (χ0v) is 13.3. The van der Waals surface area contributed by atoms with E-state index in [-0.39, 0.29) is 30.3 Å². The van der Waals surface area contributed by atoms with Gasteiger partial charge in [-0.1, -0.05) is 30.3 Å². The fraction of sp³-hybridized carbons (Fsp3) is 0.500. The lowest BCUT2D eigenvalue weighted by atomic mass is 9.96. The molecule has 0 amide bonds. The summed E-state index contributed by atoms with van der Waals surface area (Å²) in [6, 6.07) is 10.1. The minimum Gasteiger partial charge on any atom is -0.462 e. The maximum absolute atomic E-state index is 11.9. The highest BCUT2D eigenvalue weighted by atomic mass is 35.5. The molecule has 1 unspecified atom stereocenters. The third kappa shape index (κ3) is 5.14. The molecule has 1 atom stereocenters. The van der Waals surface area contributed by atoms with E-state index in [1.54, 1.807) is 13.8 Å². The van der Waals surface area contributed by atoms with Gasteiger partial charge in [-0.05, 0) is 19.4 Å². The number of carbonyl (C=O) groups excluding carboxylic acids is 2. The van der Waals surface area contributed by atoms with E-state index in [2.05, 4.69) is 17.0 Å². The Hall–Kier alpha value is -1.39. The zero-order chi connectivity index (χ0) is 14.5. The fourth-order valence-electron chi connectivity index (χ4n) is 2.40. The number of esters is 1. The standard InChI is InChI=1S/C16H21NO3.ClH/c1-12(2)20-16(19)14-11-17(9-8-15(14)18)10-13-6-4-3-5-7-13;/h3-7,12,14H,8-11H2,1-2H3;1H. The summed E-state index contributed by atoms with van der Waals surface area (Å²) in [5.41, 5.74) is 1.19. The molecule has 1 saturated heterocycles. The van der Waals surface area contributed by atoms with Crippen LogP contribution in [-0.4, -0.2) is 35.8 Å². The SMILES string of the molecule is CC(C)OC(=O)C1CN(Cc2ccccc2)CCC1=O.Cl. The first-order valence-corrected chi connectivity index (χ1v) is 7.05. The van der Waals surface area contributed by atoms with Gasteiger partial charge >= 0.3 is 5.97 Å². The van der Waals surface area contributed by atoms with Crippen LogP contribution in [0.5, 0.6) is 0 Å². The van der Waals surface area contributed by atoms with Crippen LogP contribution >= 0.6 is 12.4 Å². The van der Waals surface area contributed by atoms with Gasteiger partial charge in [-0.25, -0.2) is 0 Å². The summed E-state index contributed by atoms with van der Waals surface area (Å²) < 4.78 is 5.17. The Morgan fingerprint density at radius 2 is 2.00 bits per heavy atom. The van der Waals surface area contributed by atoms with E-state index in [9.17, 15) is 9.59 Å². The van der Waals surface area contributed by atoms with Crippen LogP contribution in [0, 0.1) is 5.92 Å². The first-order chi connectivity index (χ1) is 9.56. The third-order valence-electron chi connectivity index (χ3n) is 3.39. The van der Waals surface area contributed by atoms with Crippen LogP contribution in [0.4, 0.5) is 0 Å². The Morgan fingerprint density at radius 3 is 2.62 bits per heavy atom. The second kappa shape index (κ2) is 8.15. The van der Waals surface area contributed by atoms with Crippen LogP contribution < -0.4 is 0 Å². The van der Waals surface area contributed by atoms with Crippen LogP contribution in [0.25, 0.3) is 0 Å². The number of ketones is 1. The first kappa shape index (κ1) is 17.7. The molecule has 5 heteroatoms. The predicted octanol–water partition coefficient (Wildman–Crippen LogP) is 2.45. The van der Waals surface area contributed by atoms with E-state index < -0.39 is 5.92 Å². The summed E-state index contributed by atoms with van der Waals surface area (Å²) in [6.45, 7) is 5.53. The lowest BCUT2D eigenvalue weighted by Crippen LogP contribution is -2.44. The van der Waals surface area contributed by atoms with Gasteiger partial charge in [0.2, 0.25) is 0 Å². The highest BCUT2D eigenvalue weighted by molar-refractivity contribution is 5.99. The zero-order valence-electron chi connectivity index (χ0n) is 12.5. The van der Waals surface area contributed by atoms with Gasteiger partial charge < -0.3 is 4.74 Å². The van der Waals surface area contributed by atoms with Gasteiger partial charge in [0.1, 0.15) is 11.7 Å². The van der Waals surface area contributed by atoms with Crippen LogP contribution in [0.1, 0.15) is 25.8 Å². The second-order valence-corrected chi connectivity index (χ2v) is 5.48. The molecule has 0 spiro atoms. The summed E-state index contributed by atoms with van der Waals surface area (Å²) in [6.07, 6.45) is 0.241. The van der Waals surface area contributed by atoms with Crippen molar-refractivity contribution in [2.75, 3.05) is 13.1 Å². The maximum Gasteiger partial charge on any atom is 0.318 e. The molecule has 2 rings (SSSR count). The average Bonchev–Trinajstić information content (AvgIpc) is 2.41. The van der Waals surface area contributed by atoms with Gasteiger partial charge in [-0.3, -0.25) is 14.5 Å². The molecular weight excluding hydrogens is 290 g/mol. The number of benzene rings is 1. The van der Waals surface area contributed by atoms with E-state index in [0.29, 0.717) is 19.5 Å². The Kier molecular flexibility index (Phi) is 6.85. The number of carbonyl (C=O) groups is 2. The molecule has 21 heavy (non-hydrogen) atoms. The van der Waals surface area contributed by atoms with Crippen molar-refractivity contribution in [2.45, 2.75) is 32.9 Å². The quantitative estimate of drug-likeness (QED) is 0.633. The molecule has 0 aliphatic carbocycles. The van der Waals surface area contributed by atoms with Gasteiger partial charge in [0.25, 0.3) is 0 Å². The normalized spacial score (nSPS) is 19.2. The van der Waals surface area contributed by atoms with Crippen molar-refractivity contribution in [1.29, 1.82) is 0 Å². The summed E-state index contributed by atoms with van der Waals surface area (Å²) >= 11 is 0. The number of hydrogen-bond donors (Lipinski definition) is 0. The number of likely N-dealkylation sites (tertiary alicyclic amines) is 1. The Balaban J connectivity index is 0.00000220. The highest BCUT2D eigenvalue weighted by Gasteiger charge is 2.34. The molecule has 0 aromatic heterocycles. The lowest BCUT2D eigenvalue weighted by molar-refractivity contribution is -0.157. The van der Waals surface area contributed by atoms with Crippen molar-refractivity contribution in [1.82, 2.24) is 4.90 Å². The molecule has 0 N–H and O–H groups in total. The molecule has 0 bridgehead atoms. The Morgan fingerprint density at radius 1 is 1.33 bits per heavy atom. The van der Waals surface area contributed by atoms with Crippen molar-refractivity contribution in [3.63, 3.8) is 0 Å². The summed E-state index contributed by atoms with van der Waals surface area (Å²) in [5, 5.41) is 0. The second-order valence-electron chi connectivity index (χ2n) is 5.48. The predicted molar refractivity (Wildman–Crippen MR) is 83.3 cm³/mol. The van der Waals surface area contributed by atoms with E-state index in [1.165, 1.54) is 5.56 Å². The van der Waals surface area contributed by atoms with Crippen LogP contribution in [0.2, 0.25) is 0 Å². The highest BCUT2D eigenvalue weighted by Crippen LogP contribution is 2.17. The number of Topliss-reactive ketones (excluding diaryl/α,β-unsaturated/α-hetero) is 1.